The Morgan fingerprint density at radius 1 is 1.20 bits per heavy atom. The van der Waals surface area contributed by atoms with Crippen LogP contribution in [0.5, 0.6) is 0 Å². The number of allylic oxidation sites excluding steroid dienone is 1. The molecule has 30 heavy (non-hydrogen) atoms. The maximum atomic E-state index is 13.6. The van der Waals surface area contributed by atoms with E-state index < -0.39 is 0 Å². The summed E-state index contributed by atoms with van der Waals surface area (Å²) in [5, 5.41) is 14.8. The summed E-state index contributed by atoms with van der Waals surface area (Å²) in [5.41, 5.74) is 3.34. The summed E-state index contributed by atoms with van der Waals surface area (Å²) in [6.45, 7) is 9.78. The van der Waals surface area contributed by atoms with E-state index >= 15 is 0 Å². The summed E-state index contributed by atoms with van der Waals surface area (Å²) in [6, 6.07) is 0. The molecule has 1 heterocycles. The van der Waals surface area contributed by atoms with Crippen molar-refractivity contribution < 1.29 is 9.90 Å². The average Bonchev–Trinajstić information content (AvgIpc) is 3.20. The second kappa shape index (κ2) is 7.05. The van der Waals surface area contributed by atoms with Crippen LogP contribution in [0.15, 0.2) is 11.8 Å². The standard InChI is InChI=1S/C26H38N2O2/c1-5-28-15-18(16(2)27-28)12-17-13-23-21-7-6-19-14-20(29)8-10-25(19,3)22(21)9-11-26(23,4)24(17)30/h12,15,19-23,29H,5-11,13-14H2,1-4H3/b17-12-/t19-,20-,21-,22+,23+,25-,26+/m0/s1. The lowest BCUT2D eigenvalue weighted by molar-refractivity contribution is -0.141. The first-order valence-corrected chi connectivity index (χ1v) is 12.2. The molecule has 0 radical (unpaired) electrons. The fraction of sp³-hybridized carbons (Fsp3) is 0.769. The second-order valence-corrected chi connectivity index (χ2v) is 11.3. The molecule has 1 N–H and O–H groups in total. The van der Waals surface area contributed by atoms with E-state index in [2.05, 4.69) is 38.1 Å². The van der Waals surface area contributed by atoms with Gasteiger partial charge in [-0.25, -0.2) is 0 Å². The van der Waals surface area contributed by atoms with E-state index in [0.29, 0.717) is 29.0 Å². The van der Waals surface area contributed by atoms with Crippen LogP contribution in [0.3, 0.4) is 0 Å². The Morgan fingerprint density at radius 2 is 2.00 bits per heavy atom. The van der Waals surface area contributed by atoms with E-state index in [1.54, 1.807) is 0 Å². The van der Waals surface area contributed by atoms with Crippen LogP contribution in [0, 0.1) is 41.4 Å². The first-order valence-electron chi connectivity index (χ1n) is 12.2. The van der Waals surface area contributed by atoms with E-state index in [1.807, 2.05) is 11.6 Å². The molecule has 0 unspecified atom stereocenters. The first-order chi connectivity index (χ1) is 14.3. The summed E-state index contributed by atoms with van der Waals surface area (Å²) in [4.78, 5) is 13.6. The summed E-state index contributed by atoms with van der Waals surface area (Å²) in [6.07, 6.45) is 12.9. The molecular formula is C26H38N2O2. The maximum Gasteiger partial charge on any atom is 0.165 e. The number of aliphatic hydroxyl groups is 1. The van der Waals surface area contributed by atoms with Gasteiger partial charge in [-0.3, -0.25) is 9.48 Å². The van der Waals surface area contributed by atoms with Gasteiger partial charge in [-0.2, -0.15) is 5.10 Å². The molecule has 4 aliphatic carbocycles. The molecule has 7 atom stereocenters. The Kier molecular flexibility index (Phi) is 4.81. The van der Waals surface area contributed by atoms with E-state index in [1.165, 1.54) is 19.3 Å². The van der Waals surface area contributed by atoms with Crippen molar-refractivity contribution in [2.75, 3.05) is 0 Å². The minimum atomic E-state index is -0.182. The van der Waals surface area contributed by atoms with Crippen LogP contribution in [0.4, 0.5) is 0 Å². The lowest BCUT2D eigenvalue weighted by Crippen LogP contribution is -2.54. The number of aromatic nitrogens is 2. The molecule has 4 fully saturated rings. The molecule has 1 aromatic heterocycles. The highest BCUT2D eigenvalue weighted by Gasteiger charge is 2.61. The Labute approximate surface area is 181 Å². The number of fused-ring (bicyclic) bond motifs is 5. The fourth-order valence-electron chi connectivity index (χ4n) is 8.06. The van der Waals surface area contributed by atoms with Gasteiger partial charge in [0.1, 0.15) is 0 Å². The van der Waals surface area contributed by atoms with Crippen LogP contribution in [0.25, 0.3) is 6.08 Å². The van der Waals surface area contributed by atoms with Gasteiger partial charge in [0.25, 0.3) is 0 Å². The van der Waals surface area contributed by atoms with Gasteiger partial charge in [-0.15, -0.1) is 0 Å². The maximum absolute atomic E-state index is 13.6. The third-order valence-corrected chi connectivity index (χ3v) is 9.92. The minimum absolute atomic E-state index is 0.0941. The molecule has 0 bridgehead atoms. The molecule has 4 saturated carbocycles. The molecule has 0 amide bonds. The largest absolute Gasteiger partial charge is 0.393 e. The van der Waals surface area contributed by atoms with Gasteiger partial charge < -0.3 is 5.11 Å². The van der Waals surface area contributed by atoms with Crippen molar-refractivity contribution in [2.45, 2.75) is 91.7 Å². The Morgan fingerprint density at radius 3 is 2.73 bits per heavy atom. The minimum Gasteiger partial charge on any atom is -0.393 e. The number of ketones is 1. The number of hydrogen-bond donors (Lipinski definition) is 1. The molecular weight excluding hydrogens is 372 g/mol. The van der Waals surface area contributed by atoms with E-state index in [9.17, 15) is 9.90 Å². The third kappa shape index (κ3) is 2.89. The van der Waals surface area contributed by atoms with Crippen molar-refractivity contribution in [2.24, 2.45) is 34.5 Å². The number of carbonyl (C=O) groups is 1. The van der Waals surface area contributed by atoms with Crippen LogP contribution in [-0.4, -0.2) is 26.8 Å². The van der Waals surface area contributed by atoms with Crippen molar-refractivity contribution in [1.29, 1.82) is 0 Å². The fourth-order valence-corrected chi connectivity index (χ4v) is 8.06. The van der Waals surface area contributed by atoms with Crippen molar-refractivity contribution in [3.63, 3.8) is 0 Å². The summed E-state index contributed by atoms with van der Waals surface area (Å²) < 4.78 is 1.96. The summed E-state index contributed by atoms with van der Waals surface area (Å²) in [5.74, 6) is 2.94. The molecule has 164 valence electrons. The predicted molar refractivity (Wildman–Crippen MR) is 119 cm³/mol. The van der Waals surface area contributed by atoms with Gasteiger partial charge in [0.15, 0.2) is 5.78 Å². The second-order valence-electron chi connectivity index (χ2n) is 11.3. The topological polar surface area (TPSA) is 55.1 Å². The quantitative estimate of drug-likeness (QED) is 0.684. The van der Waals surface area contributed by atoms with Crippen molar-refractivity contribution in [3.8, 4) is 0 Å². The molecule has 1 aromatic rings. The third-order valence-electron chi connectivity index (χ3n) is 9.92. The molecule has 4 nitrogen and oxygen atoms in total. The summed E-state index contributed by atoms with van der Waals surface area (Å²) >= 11 is 0. The number of hydrogen-bond acceptors (Lipinski definition) is 3. The van der Waals surface area contributed by atoms with Gasteiger partial charge >= 0.3 is 0 Å². The zero-order valence-corrected chi connectivity index (χ0v) is 19.2. The zero-order valence-electron chi connectivity index (χ0n) is 19.2. The van der Waals surface area contributed by atoms with Gasteiger partial charge in [-0.1, -0.05) is 13.8 Å². The van der Waals surface area contributed by atoms with Crippen LogP contribution in [0.2, 0.25) is 0 Å². The van der Waals surface area contributed by atoms with Gasteiger partial charge in [-0.05, 0) is 106 Å². The molecule has 0 saturated heterocycles. The average molecular weight is 411 g/mol. The summed E-state index contributed by atoms with van der Waals surface area (Å²) in [7, 11) is 0. The number of aryl methyl sites for hydroxylation is 2. The smallest absolute Gasteiger partial charge is 0.165 e. The molecule has 4 heteroatoms. The highest BCUT2D eigenvalue weighted by atomic mass is 16.3. The molecule has 0 aliphatic heterocycles. The van der Waals surface area contributed by atoms with Crippen LogP contribution >= 0.6 is 0 Å². The lowest BCUT2D eigenvalue weighted by Gasteiger charge is -2.59. The van der Waals surface area contributed by atoms with Crippen LogP contribution in [0.1, 0.15) is 83.4 Å². The molecule has 0 spiro atoms. The number of aliphatic hydroxyl groups excluding tert-OH is 1. The van der Waals surface area contributed by atoms with E-state index in [4.69, 9.17) is 0 Å². The Hall–Kier alpha value is -1.42. The van der Waals surface area contributed by atoms with E-state index in [-0.39, 0.29) is 11.5 Å². The van der Waals surface area contributed by atoms with Crippen LogP contribution < -0.4 is 0 Å². The van der Waals surface area contributed by atoms with Gasteiger partial charge in [0.2, 0.25) is 0 Å². The van der Waals surface area contributed by atoms with Gasteiger partial charge in [0.05, 0.1) is 11.8 Å². The highest BCUT2D eigenvalue weighted by molar-refractivity contribution is 6.06. The Balaban J connectivity index is 1.45. The van der Waals surface area contributed by atoms with Crippen LogP contribution in [-0.2, 0) is 11.3 Å². The number of Topliss-reactive ketones (excluding diaryl/α,β-unsaturated/α-hetero) is 1. The molecule has 5 rings (SSSR count). The normalized spacial score (nSPS) is 44.6. The number of carbonyl (C=O) groups excluding carboxylic acids is 1. The number of rotatable bonds is 2. The Bertz CT molecular complexity index is 886. The molecule has 4 aliphatic rings. The number of nitrogens with zero attached hydrogens (tertiary/aromatic N) is 2. The molecule has 0 aromatic carbocycles. The van der Waals surface area contributed by atoms with Gasteiger partial charge in [0, 0.05) is 23.7 Å². The first kappa shape index (κ1) is 20.5. The monoisotopic (exact) mass is 410 g/mol. The predicted octanol–water partition coefficient (Wildman–Crippen LogP) is 5.18. The SMILES string of the molecule is CCn1cc(/C=C2/C[C@@H]3[C@H]4CC[C@H]5C[C@@H](O)CC[C@]5(C)[C@@H]4CC[C@@]3(C)C2=O)c(C)n1. The van der Waals surface area contributed by atoms with Crippen molar-refractivity contribution in [1.82, 2.24) is 9.78 Å². The highest BCUT2D eigenvalue weighted by Crippen LogP contribution is 2.66. The lowest BCUT2D eigenvalue weighted by atomic mass is 9.45. The zero-order chi connectivity index (χ0) is 21.3. The van der Waals surface area contributed by atoms with Crippen molar-refractivity contribution in [3.05, 3.63) is 23.0 Å². The van der Waals surface area contributed by atoms with Crippen molar-refractivity contribution >= 4 is 11.9 Å². The van der Waals surface area contributed by atoms with E-state index in [0.717, 1.165) is 61.4 Å².